The molecule has 0 aromatic carbocycles. The molecule has 1 saturated heterocycles. The Kier molecular flexibility index (Phi) is 4.75. The van der Waals surface area contributed by atoms with Gasteiger partial charge in [-0.15, -0.1) is 11.3 Å². The van der Waals surface area contributed by atoms with Crippen molar-refractivity contribution in [3.63, 3.8) is 0 Å². The molecule has 116 valence electrons. The summed E-state index contributed by atoms with van der Waals surface area (Å²) in [6.07, 6.45) is 0. The van der Waals surface area contributed by atoms with Crippen LogP contribution in [0.4, 0.5) is 0 Å². The van der Waals surface area contributed by atoms with Gasteiger partial charge in [-0.1, -0.05) is 16.8 Å². The van der Waals surface area contributed by atoms with Gasteiger partial charge in [0.15, 0.2) is 5.84 Å². The molecule has 0 bridgehead atoms. The van der Waals surface area contributed by atoms with Crippen molar-refractivity contribution in [2.75, 3.05) is 26.2 Å². The first-order valence-corrected chi connectivity index (χ1v) is 7.83. The lowest BCUT2D eigenvalue weighted by Crippen LogP contribution is -2.60. The van der Waals surface area contributed by atoms with Gasteiger partial charge in [0, 0.05) is 26.2 Å². The van der Waals surface area contributed by atoms with E-state index < -0.39 is 5.54 Å². The molecule has 1 amide bonds. The number of piperazine rings is 1. The van der Waals surface area contributed by atoms with E-state index in [4.69, 9.17) is 22.5 Å². The average Bonchev–Trinajstić information content (AvgIpc) is 2.92. The van der Waals surface area contributed by atoms with Crippen LogP contribution in [0, 0.1) is 0 Å². The van der Waals surface area contributed by atoms with Crippen LogP contribution in [0.3, 0.4) is 0 Å². The van der Waals surface area contributed by atoms with E-state index in [1.54, 1.807) is 17.0 Å². The predicted molar refractivity (Wildman–Crippen MR) is 84.3 cm³/mol. The second-order valence-electron chi connectivity index (χ2n) is 5.43. The lowest BCUT2D eigenvalue weighted by atomic mass is 10.0. The summed E-state index contributed by atoms with van der Waals surface area (Å²) in [5, 5.41) is 12.0. The van der Waals surface area contributed by atoms with Gasteiger partial charge in [0.2, 0.25) is 0 Å². The minimum absolute atomic E-state index is 0.00755. The van der Waals surface area contributed by atoms with Crippen molar-refractivity contribution in [3.05, 3.63) is 21.3 Å². The largest absolute Gasteiger partial charge is 0.409 e. The Hall–Kier alpha value is -1.31. The lowest BCUT2D eigenvalue weighted by molar-refractivity contribution is 0.0536. The maximum Gasteiger partial charge on any atom is 0.264 e. The number of carbonyl (C=O) groups is 1. The molecule has 6 nitrogen and oxygen atoms in total. The van der Waals surface area contributed by atoms with Gasteiger partial charge >= 0.3 is 0 Å². The summed E-state index contributed by atoms with van der Waals surface area (Å²) >= 11 is 7.16. The number of halogens is 1. The van der Waals surface area contributed by atoms with Crippen molar-refractivity contribution in [3.8, 4) is 0 Å². The Labute approximate surface area is 132 Å². The SMILES string of the molecule is CC(C)(C(N)=NO)N1CCN(C(=O)c2ccc(Cl)s2)CC1. The van der Waals surface area contributed by atoms with Gasteiger partial charge in [0.25, 0.3) is 5.91 Å². The molecule has 1 fully saturated rings. The van der Waals surface area contributed by atoms with Crippen molar-refractivity contribution in [1.29, 1.82) is 0 Å². The minimum Gasteiger partial charge on any atom is -0.409 e. The molecule has 0 unspecified atom stereocenters. The summed E-state index contributed by atoms with van der Waals surface area (Å²) in [4.78, 5) is 16.9. The smallest absolute Gasteiger partial charge is 0.264 e. The number of hydrogen-bond acceptors (Lipinski definition) is 5. The van der Waals surface area contributed by atoms with Crippen LogP contribution < -0.4 is 5.73 Å². The second kappa shape index (κ2) is 6.21. The van der Waals surface area contributed by atoms with Gasteiger partial charge in [0.05, 0.1) is 14.8 Å². The van der Waals surface area contributed by atoms with E-state index in [1.165, 1.54) is 11.3 Å². The molecule has 0 spiro atoms. The Morgan fingerprint density at radius 3 is 2.48 bits per heavy atom. The molecule has 2 rings (SSSR count). The highest BCUT2D eigenvalue weighted by Gasteiger charge is 2.35. The molecule has 2 heterocycles. The molecule has 3 N–H and O–H groups in total. The van der Waals surface area contributed by atoms with Crippen LogP contribution in [0.2, 0.25) is 4.34 Å². The number of hydrogen-bond donors (Lipinski definition) is 2. The third-order valence-corrected chi connectivity index (χ3v) is 5.10. The topological polar surface area (TPSA) is 82.2 Å². The van der Waals surface area contributed by atoms with E-state index in [-0.39, 0.29) is 11.7 Å². The average molecular weight is 331 g/mol. The van der Waals surface area contributed by atoms with Crippen molar-refractivity contribution in [2.45, 2.75) is 19.4 Å². The maximum atomic E-state index is 12.3. The normalized spacial score (nSPS) is 18.0. The van der Waals surface area contributed by atoms with Crippen LogP contribution in [-0.4, -0.2) is 58.5 Å². The molecule has 0 radical (unpaired) electrons. The van der Waals surface area contributed by atoms with Gasteiger partial charge in [-0.2, -0.15) is 0 Å². The number of carbonyl (C=O) groups excluding carboxylic acids is 1. The van der Waals surface area contributed by atoms with Crippen LogP contribution in [-0.2, 0) is 0 Å². The highest BCUT2D eigenvalue weighted by atomic mass is 35.5. The number of nitrogens with two attached hydrogens (primary N) is 1. The number of nitrogens with zero attached hydrogens (tertiary/aromatic N) is 3. The zero-order valence-electron chi connectivity index (χ0n) is 12.0. The highest BCUT2D eigenvalue weighted by molar-refractivity contribution is 7.17. The monoisotopic (exact) mass is 330 g/mol. The summed E-state index contributed by atoms with van der Waals surface area (Å²) in [6.45, 7) is 6.37. The Morgan fingerprint density at radius 2 is 2.00 bits per heavy atom. The third kappa shape index (κ3) is 3.30. The Balaban J connectivity index is 1.99. The summed E-state index contributed by atoms with van der Waals surface area (Å²) in [7, 11) is 0. The van der Waals surface area contributed by atoms with Gasteiger partial charge in [-0.25, -0.2) is 0 Å². The van der Waals surface area contributed by atoms with E-state index in [9.17, 15) is 4.79 Å². The van der Waals surface area contributed by atoms with Crippen LogP contribution in [0.15, 0.2) is 17.3 Å². The summed E-state index contributed by atoms with van der Waals surface area (Å²) in [5.74, 6) is 0.181. The molecular formula is C13H19ClN4O2S. The van der Waals surface area contributed by atoms with Crippen molar-refractivity contribution < 1.29 is 10.0 Å². The summed E-state index contributed by atoms with van der Waals surface area (Å²) < 4.78 is 0.616. The number of rotatable bonds is 3. The minimum atomic E-state index is -0.532. The second-order valence-corrected chi connectivity index (χ2v) is 7.14. The van der Waals surface area contributed by atoms with Gasteiger partial charge in [0.1, 0.15) is 0 Å². The van der Waals surface area contributed by atoms with Crippen LogP contribution in [0.1, 0.15) is 23.5 Å². The fourth-order valence-corrected chi connectivity index (χ4v) is 3.35. The standard InChI is InChI=1S/C13H19ClN4O2S/c1-13(2,12(15)16-20)18-7-5-17(6-8-18)11(19)9-3-4-10(14)21-9/h3-4,20H,5-8H2,1-2H3,(H2,15,16). The molecule has 1 aromatic rings. The first kappa shape index (κ1) is 16.1. The van der Waals surface area contributed by atoms with E-state index in [1.807, 2.05) is 13.8 Å². The predicted octanol–water partition coefficient (Wildman–Crippen LogP) is 1.68. The first-order chi connectivity index (χ1) is 9.86. The van der Waals surface area contributed by atoms with Crippen molar-refractivity contribution >= 4 is 34.7 Å². The maximum absolute atomic E-state index is 12.3. The quantitative estimate of drug-likeness (QED) is 0.382. The highest BCUT2D eigenvalue weighted by Crippen LogP contribution is 2.24. The summed E-state index contributed by atoms with van der Waals surface area (Å²) in [6, 6.07) is 3.49. The molecule has 8 heteroatoms. The fourth-order valence-electron chi connectivity index (χ4n) is 2.34. The third-order valence-electron chi connectivity index (χ3n) is 3.88. The van der Waals surface area contributed by atoms with Crippen LogP contribution in [0.5, 0.6) is 0 Å². The molecular weight excluding hydrogens is 312 g/mol. The number of amides is 1. The summed E-state index contributed by atoms with van der Waals surface area (Å²) in [5.41, 5.74) is 5.20. The van der Waals surface area contributed by atoms with Crippen LogP contribution >= 0.6 is 22.9 Å². The van der Waals surface area contributed by atoms with Gasteiger partial charge in [-0.05, 0) is 26.0 Å². The van der Waals surface area contributed by atoms with Gasteiger partial charge in [-0.3, -0.25) is 9.69 Å². The Morgan fingerprint density at radius 1 is 1.38 bits per heavy atom. The Bertz CT molecular complexity index is 550. The molecule has 21 heavy (non-hydrogen) atoms. The van der Waals surface area contributed by atoms with E-state index in [0.717, 1.165) is 0 Å². The first-order valence-electron chi connectivity index (χ1n) is 6.64. The molecule has 0 atom stereocenters. The molecule has 0 aliphatic carbocycles. The van der Waals surface area contributed by atoms with Crippen molar-refractivity contribution in [2.24, 2.45) is 10.9 Å². The van der Waals surface area contributed by atoms with Crippen molar-refractivity contribution in [1.82, 2.24) is 9.80 Å². The number of amidine groups is 1. The van der Waals surface area contributed by atoms with E-state index in [0.29, 0.717) is 35.4 Å². The zero-order valence-corrected chi connectivity index (χ0v) is 13.6. The molecule has 1 aliphatic heterocycles. The lowest BCUT2D eigenvalue weighted by Gasteiger charge is -2.43. The molecule has 0 saturated carbocycles. The number of thiophene rings is 1. The van der Waals surface area contributed by atoms with Gasteiger partial charge < -0.3 is 15.8 Å². The zero-order chi connectivity index (χ0) is 15.6. The van der Waals surface area contributed by atoms with Crippen LogP contribution in [0.25, 0.3) is 0 Å². The number of oxime groups is 1. The fraction of sp³-hybridized carbons (Fsp3) is 0.538. The van der Waals surface area contributed by atoms with E-state index >= 15 is 0 Å². The molecule has 1 aliphatic rings. The molecule has 1 aromatic heterocycles. The van der Waals surface area contributed by atoms with E-state index in [2.05, 4.69) is 10.1 Å².